The molecule has 1 aliphatic heterocycles. The van der Waals surface area contributed by atoms with Crippen molar-refractivity contribution in [1.82, 2.24) is 19.7 Å². The molecule has 1 atom stereocenters. The SMILES string of the molecule is NC(=O)c1cccn2c(C3N=C(NCc4ccccc4)c4[nH]ccc4N3)ncc12. The Hall–Kier alpha value is -4.07. The molecule has 3 aromatic heterocycles. The quantitative estimate of drug-likeness (QED) is 0.432. The maximum atomic E-state index is 11.7. The number of nitrogens with zero attached hydrogens (tertiary/aromatic N) is 3. The summed E-state index contributed by atoms with van der Waals surface area (Å²) in [5, 5.41) is 6.81. The highest BCUT2D eigenvalue weighted by Crippen LogP contribution is 2.29. The van der Waals surface area contributed by atoms with Gasteiger partial charge in [0.25, 0.3) is 5.91 Å². The normalized spacial score (nSPS) is 15.4. The Kier molecular flexibility index (Phi) is 4.02. The summed E-state index contributed by atoms with van der Waals surface area (Å²) < 4.78 is 1.84. The standard InChI is InChI=1S/C21H19N7O/c22-18(29)14-7-4-10-28-16(14)12-25-21(28)20-26-15-8-9-23-17(15)19(27-20)24-11-13-5-2-1-3-6-13/h1-10,12,20,23,26H,11H2,(H2,22,29)(H,24,27). The fraction of sp³-hybridized carbons (Fsp3) is 0.0952. The van der Waals surface area contributed by atoms with Crippen molar-refractivity contribution in [2.24, 2.45) is 10.7 Å². The molecule has 0 radical (unpaired) electrons. The highest BCUT2D eigenvalue weighted by atomic mass is 16.1. The van der Waals surface area contributed by atoms with Crippen LogP contribution < -0.4 is 16.4 Å². The molecule has 1 unspecified atom stereocenters. The molecule has 1 amide bonds. The number of carbonyl (C=O) groups excluding carboxylic acids is 1. The first-order valence-corrected chi connectivity index (χ1v) is 9.26. The Bertz CT molecular complexity index is 1220. The molecule has 0 saturated carbocycles. The van der Waals surface area contributed by atoms with Crippen LogP contribution in [0.1, 0.15) is 33.6 Å². The zero-order chi connectivity index (χ0) is 19.8. The number of rotatable bonds is 4. The number of amides is 1. The fourth-order valence-electron chi connectivity index (χ4n) is 3.55. The van der Waals surface area contributed by atoms with Gasteiger partial charge in [-0.05, 0) is 23.8 Å². The van der Waals surface area contributed by atoms with Gasteiger partial charge >= 0.3 is 0 Å². The monoisotopic (exact) mass is 385 g/mol. The lowest BCUT2D eigenvalue weighted by molar-refractivity contribution is 0.100. The molecule has 0 saturated heterocycles. The Morgan fingerprint density at radius 2 is 2.03 bits per heavy atom. The van der Waals surface area contributed by atoms with Gasteiger partial charge in [-0.1, -0.05) is 30.3 Å². The fourth-order valence-corrected chi connectivity index (χ4v) is 3.55. The zero-order valence-corrected chi connectivity index (χ0v) is 15.5. The van der Waals surface area contributed by atoms with Gasteiger partial charge in [-0.15, -0.1) is 0 Å². The molecule has 4 heterocycles. The number of fused-ring (bicyclic) bond motifs is 2. The average molecular weight is 385 g/mol. The Labute approximate surface area is 166 Å². The Morgan fingerprint density at radius 1 is 1.17 bits per heavy atom. The Balaban J connectivity index is 1.51. The summed E-state index contributed by atoms with van der Waals surface area (Å²) in [7, 11) is 0. The van der Waals surface area contributed by atoms with Crippen molar-refractivity contribution < 1.29 is 4.79 Å². The van der Waals surface area contributed by atoms with Crippen molar-refractivity contribution in [3.63, 3.8) is 0 Å². The third kappa shape index (κ3) is 3.00. The van der Waals surface area contributed by atoms with Gasteiger partial charge in [0.1, 0.15) is 11.5 Å². The zero-order valence-electron chi connectivity index (χ0n) is 15.5. The Morgan fingerprint density at radius 3 is 2.86 bits per heavy atom. The second-order valence-electron chi connectivity index (χ2n) is 6.79. The summed E-state index contributed by atoms with van der Waals surface area (Å²) in [6, 6.07) is 15.6. The van der Waals surface area contributed by atoms with Crippen LogP contribution >= 0.6 is 0 Å². The molecule has 4 aromatic rings. The van der Waals surface area contributed by atoms with Crippen molar-refractivity contribution in [2.75, 3.05) is 5.32 Å². The number of anilines is 1. The van der Waals surface area contributed by atoms with Crippen LogP contribution in [-0.4, -0.2) is 26.1 Å². The van der Waals surface area contributed by atoms with Gasteiger partial charge in [-0.2, -0.15) is 0 Å². The van der Waals surface area contributed by atoms with Crippen LogP contribution in [0.2, 0.25) is 0 Å². The minimum absolute atomic E-state index is 0.415. The molecule has 0 bridgehead atoms. The van der Waals surface area contributed by atoms with Gasteiger partial charge in [-0.25, -0.2) is 9.98 Å². The second-order valence-corrected chi connectivity index (χ2v) is 6.79. The number of benzene rings is 1. The van der Waals surface area contributed by atoms with Crippen molar-refractivity contribution in [1.29, 1.82) is 0 Å². The number of nitrogens with two attached hydrogens (primary N) is 1. The van der Waals surface area contributed by atoms with Gasteiger partial charge in [0, 0.05) is 18.9 Å². The highest BCUT2D eigenvalue weighted by Gasteiger charge is 2.26. The lowest BCUT2D eigenvalue weighted by Gasteiger charge is -2.23. The third-order valence-electron chi connectivity index (χ3n) is 4.95. The van der Waals surface area contributed by atoms with Crippen LogP contribution in [0, 0.1) is 0 Å². The molecular formula is C21H19N7O. The number of nitrogens with one attached hydrogen (secondary N) is 3. The molecule has 5 N–H and O–H groups in total. The lowest BCUT2D eigenvalue weighted by atomic mass is 10.2. The van der Waals surface area contributed by atoms with E-state index in [0.29, 0.717) is 23.4 Å². The second kappa shape index (κ2) is 6.83. The molecule has 5 rings (SSSR count). The topological polar surface area (TPSA) is 113 Å². The number of aromatic nitrogens is 3. The number of aromatic amines is 1. The van der Waals surface area contributed by atoms with E-state index in [2.05, 4.69) is 32.7 Å². The number of pyridine rings is 1. The van der Waals surface area contributed by atoms with Gasteiger partial charge in [0.15, 0.2) is 12.0 Å². The van der Waals surface area contributed by atoms with E-state index in [4.69, 9.17) is 10.7 Å². The van der Waals surface area contributed by atoms with Gasteiger partial charge in [0.05, 0.1) is 23.0 Å². The molecule has 144 valence electrons. The van der Waals surface area contributed by atoms with E-state index in [1.54, 1.807) is 18.3 Å². The minimum atomic E-state index is -0.486. The molecule has 29 heavy (non-hydrogen) atoms. The van der Waals surface area contributed by atoms with E-state index < -0.39 is 12.1 Å². The molecule has 8 heteroatoms. The first-order chi connectivity index (χ1) is 14.2. The number of H-pyrrole nitrogens is 1. The van der Waals surface area contributed by atoms with E-state index in [9.17, 15) is 4.79 Å². The maximum Gasteiger partial charge on any atom is 0.250 e. The van der Waals surface area contributed by atoms with Crippen molar-refractivity contribution in [3.8, 4) is 0 Å². The largest absolute Gasteiger partial charge is 0.366 e. The van der Waals surface area contributed by atoms with Crippen LogP contribution in [0.5, 0.6) is 0 Å². The van der Waals surface area contributed by atoms with Gasteiger partial charge in [-0.3, -0.25) is 9.20 Å². The lowest BCUT2D eigenvalue weighted by Crippen LogP contribution is -2.31. The van der Waals surface area contributed by atoms with E-state index in [1.807, 2.05) is 41.1 Å². The van der Waals surface area contributed by atoms with Crippen molar-refractivity contribution >= 4 is 22.9 Å². The summed E-state index contributed by atoms with van der Waals surface area (Å²) >= 11 is 0. The predicted octanol–water partition coefficient (Wildman–Crippen LogP) is 2.42. The summed E-state index contributed by atoms with van der Waals surface area (Å²) in [6.45, 7) is 0.652. The van der Waals surface area contributed by atoms with Crippen molar-refractivity contribution in [3.05, 3.63) is 89.8 Å². The van der Waals surface area contributed by atoms with Crippen LogP contribution in [0.3, 0.4) is 0 Å². The molecule has 8 nitrogen and oxygen atoms in total. The number of imidazole rings is 1. The summed E-state index contributed by atoms with van der Waals surface area (Å²) in [4.78, 5) is 24.3. The number of carbonyl (C=O) groups is 1. The van der Waals surface area contributed by atoms with Crippen LogP contribution in [0.25, 0.3) is 5.52 Å². The summed E-state index contributed by atoms with van der Waals surface area (Å²) in [5.41, 5.74) is 9.58. The third-order valence-corrected chi connectivity index (χ3v) is 4.95. The predicted molar refractivity (Wildman–Crippen MR) is 111 cm³/mol. The number of hydrogen-bond acceptors (Lipinski definition) is 5. The number of amidine groups is 1. The van der Waals surface area contributed by atoms with E-state index in [1.165, 1.54) is 0 Å². The first kappa shape index (κ1) is 17.1. The van der Waals surface area contributed by atoms with E-state index >= 15 is 0 Å². The first-order valence-electron chi connectivity index (χ1n) is 9.26. The number of hydrogen-bond donors (Lipinski definition) is 4. The average Bonchev–Trinajstić information content (AvgIpc) is 3.39. The molecule has 0 fully saturated rings. The van der Waals surface area contributed by atoms with Crippen LogP contribution in [-0.2, 0) is 6.54 Å². The molecule has 1 aliphatic rings. The summed E-state index contributed by atoms with van der Waals surface area (Å²) in [6.07, 6.45) is 4.96. The van der Waals surface area contributed by atoms with Crippen LogP contribution in [0.15, 0.2) is 72.1 Å². The highest BCUT2D eigenvalue weighted by molar-refractivity contribution is 6.03. The molecular weight excluding hydrogens is 366 g/mol. The van der Waals surface area contributed by atoms with Gasteiger partial charge < -0.3 is 21.4 Å². The summed E-state index contributed by atoms with van der Waals surface area (Å²) in [5.74, 6) is 0.940. The number of aliphatic imine (C=N–C) groups is 1. The smallest absolute Gasteiger partial charge is 0.250 e. The molecule has 1 aromatic carbocycles. The van der Waals surface area contributed by atoms with E-state index in [0.717, 1.165) is 22.8 Å². The van der Waals surface area contributed by atoms with Crippen LogP contribution in [0.4, 0.5) is 5.69 Å². The minimum Gasteiger partial charge on any atom is -0.366 e. The van der Waals surface area contributed by atoms with Gasteiger partial charge in [0.2, 0.25) is 0 Å². The molecule has 0 spiro atoms. The molecule has 0 aliphatic carbocycles. The van der Waals surface area contributed by atoms with E-state index in [-0.39, 0.29) is 0 Å². The maximum absolute atomic E-state index is 11.7. The van der Waals surface area contributed by atoms with Crippen molar-refractivity contribution in [2.45, 2.75) is 12.7 Å². The number of primary amides is 1.